The fourth-order valence-corrected chi connectivity index (χ4v) is 1.95. The Balaban J connectivity index is 1.83. The molecule has 17 heavy (non-hydrogen) atoms. The molecule has 0 saturated heterocycles. The molecule has 1 N–H and O–H groups in total. The highest BCUT2D eigenvalue weighted by Gasteiger charge is 2.00. The molecule has 0 aromatic carbocycles. The van der Waals surface area contributed by atoms with E-state index in [-0.39, 0.29) is 0 Å². The monoisotopic (exact) mass is 232 g/mol. The van der Waals surface area contributed by atoms with E-state index < -0.39 is 0 Å². The van der Waals surface area contributed by atoms with Crippen molar-refractivity contribution in [2.24, 2.45) is 7.05 Å². The summed E-state index contributed by atoms with van der Waals surface area (Å²) in [4.78, 5) is 0. The maximum absolute atomic E-state index is 4.34. The van der Waals surface area contributed by atoms with Gasteiger partial charge in [0.05, 0.1) is 5.69 Å². The van der Waals surface area contributed by atoms with Crippen molar-refractivity contribution in [3.63, 3.8) is 0 Å². The molecular formula is C13H20N4. The van der Waals surface area contributed by atoms with Gasteiger partial charge in [0.2, 0.25) is 0 Å². The number of nitrogens with zero attached hydrogens (tertiary/aromatic N) is 3. The number of rotatable bonds is 6. The average molecular weight is 232 g/mol. The van der Waals surface area contributed by atoms with Gasteiger partial charge in [0.15, 0.2) is 0 Å². The zero-order valence-corrected chi connectivity index (χ0v) is 10.6. The zero-order chi connectivity index (χ0) is 12.1. The lowest BCUT2D eigenvalue weighted by atomic mass is 10.3. The molecule has 4 nitrogen and oxygen atoms in total. The Hall–Kier alpha value is -1.55. The first-order valence-electron chi connectivity index (χ1n) is 6.13. The molecule has 0 unspecified atom stereocenters. The molecular weight excluding hydrogens is 212 g/mol. The minimum Gasteiger partial charge on any atom is -0.350 e. The summed E-state index contributed by atoms with van der Waals surface area (Å²) in [6, 6.07) is 6.31. The third-order valence-electron chi connectivity index (χ3n) is 2.77. The van der Waals surface area contributed by atoms with Crippen molar-refractivity contribution < 1.29 is 0 Å². The molecule has 92 valence electrons. The van der Waals surface area contributed by atoms with Gasteiger partial charge < -0.3 is 9.88 Å². The van der Waals surface area contributed by atoms with Crippen LogP contribution in [0.5, 0.6) is 0 Å². The number of nitrogens with one attached hydrogen (secondary N) is 1. The van der Waals surface area contributed by atoms with Crippen LogP contribution in [0.3, 0.4) is 0 Å². The lowest BCUT2D eigenvalue weighted by Crippen LogP contribution is -2.16. The summed E-state index contributed by atoms with van der Waals surface area (Å²) in [7, 11) is 1.94. The summed E-state index contributed by atoms with van der Waals surface area (Å²) in [6.07, 6.45) is 5.28. The molecule has 0 atom stereocenters. The Bertz CT molecular complexity index is 455. The molecule has 0 amide bonds. The second-order valence-corrected chi connectivity index (χ2v) is 4.28. The van der Waals surface area contributed by atoms with Crippen molar-refractivity contribution in [2.75, 3.05) is 0 Å². The van der Waals surface area contributed by atoms with Crippen molar-refractivity contribution in [3.05, 3.63) is 42.0 Å². The predicted molar refractivity (Wildman–Crippen MR) is 68.5 cm³/mol. The maximum Gasteiger partial charge on any atom is 0.0762 e. The fraction of sp³-hybridized carbons (Fsp3) is 0.462. The second-order valence-electron chi connectivity index (χ2n) is 4.28. The molecule has 0 aliphatic heterocycles. The van der Waals surface area contributed by atoms with Crippen LogP contribution in [0.15, 0.2) is 30.6 Å². The molecule has 2 aromatic heterocycles. The van der Waals surface area contributed by atoms with E-state index >= 15 is 0 Å². The highest BCUT2D eigenvalue weighted by atomic mass is 15.3. The van der Waals surface area contributed by atoms with Crippen LogP contribution in [0.1, 0.15) is 24.7 Å². The van der Waals surface area contributed by atoms with Gasteiger partial charge >= 0.3 is 0 Å². The molecule has 0 bridgehead atoms. The van der Waals surface area contributed by atoms with E-state index in [1.165, 1.54) is 12.1 Å². The topological polar surface area (TPSA) is 34.8 Å². The van der Waals surface area contributed by atoms with Gasteiger partial charge in [-0.3, -0.25) is 4.68 Å². The van der Waals surface area contributed by atoms with Crippen molar-refractivity contribution >= 4 is 0 Å². The lowest BCUT2D eigenvalue weighted by Gasteiger charge is -2.08. The van der Waals surface area contributed by atoms with Crippen LogP contribution in [0.2, 0.25) is 0 Å². The smallest absolute Gasteiger partial charge is 0.0762 e. The van der Waals surface area contributed by atoms with Crippen molar-refractivity contribution in [1.29, 1.82) is 0 Å². The van der Waals surface area contributed by atoms with Gasteiger partial charge in [-0.15, -0.1) is 0 Å². The van der Waals surface area contributed by atoms with E-state index in [1.807, 2.05) is 24.0 Å². The van der Waals surface area contributed by atoms with Crippen LogP contribution in [-0.4, -0.2) is 14.3 Å². The SMILES string of the molecule is CCCn1cccc1CNCc1ccn(C)n1. The Morgan fingerprint density at radius 1 is 1.24 bits per heavy atom. The highest BCUT2D eigenvalue weighted by molar-refractivity contribution is 5.07. The first-order chi connectivity index (χ1) is 8.29. The summed E-state index contributed by atoms with van der Waals surface area (Å²) in [5.41, 5.74) is 2.42. The first kappa shape index (κ1) is 11.9. The van der Waals surface area contributed by atoms with E-state index in [9.17, 15) is 0 Å². The zero-order valence-electron chi connectivity index (χ0n) is 10.6. The average Bonchev–Trinajstić information content (AvgIpc) is 2.90. The second kappa shape index (κ2) is 5.68. The molecule has 0 aliphatic rings. The summed E-state index contributed by atoms with van der Waals surface area (Å²) in [5.74, 6) is 0. The summed E-state index contributed by atoms with van der Waals surface area (Å²) in [6.45, 7) is 5.00. The van der Waals surface area contributed by atoms with E-state index in [0.29, 0.717) is 0 Å². The number of hydrogen-bond acceptors (Lipinski definition) is 2. The Morgan fingerprint density at radius 3 is 2.82 bits per heavy atom. The van der Waals surface area contributed by atoms with Crippen LogP contribution in [-0.2, 0) is 26.7 Å². The normalized spacial score (nSPS) is 10.9. The lowest BCUT2D eigenvalue weighted by molar-refractivity contribution is 0.593. The molecule has 4 heteroatoms. The molecule has 0 saturated carbocycles. The number of aryl methyl sites for hydroxylation is 2. The Labute approximate surface area is 102 Å². The molecule has 2 rings (SSSR count). The van der Waals surface area contributed by atoms with Gasteiger partial charge in [-0.25, -0.2) is 0 Å². The van der Waals surface area contributed by atoms with Crippen LogP contribution in [0.25, 0.3) is 0 Å². The molecule has 0 aliphatic carbocycles. The number of hydrogen-bond donors (Lipinski definition) is 1. The summed E-state index contributed by atoms with van der Waals surface area (Å²) < 4.78 is 4.13. The van der Waals surface area contributed by atoms with Gasteiger partial charge in [0, 0.05) is 44.8 Å². The van der Waals surface area contributed by atoms with Crippen LogP contribution < -0.4 is 5.32 Å². The maximum atomic E-state index is 4.34. The van der Waals surface area contributed by atoms with Gasteiger partial charge in [0.1, 0.15) is 0 Å². The molecule has 2 aromatic rings. The number of aromatic nitrogens is 3. The van der Waals surface area contributed by atoms with Crippen LogP contribution >= 0.6 is 0 Å². The summed E-state index contributed by atoms with van der Waals surface area (Å²) in [5, 5.41) is 7.76. The van der Waals surface area contributed by atoms with E-state index in [1.54, 1.807) is 0 Å². The predicted octanol–water partition coefficient (Wildman–Crippen LogP) is 1.92. The van der Waals surface area contributed by atoms with E-state index in [4.69, 9.17) is 0 Å². The van der Waals surface area contributed by atoms with Gasteiger partial charge in [-0.05, 0) is 24.6 Å². The minimum absolute atomic E-state index is 0.818. The Morgan fingerprint density at radius 2 is 2.12 bits per heavy atom. The standard InChI is InChI=1S/C13H20N4/c1-3-7-17-8-4-5-13(17)11-14-10-12-6-9-16(2)15-12/h4-6,8-9,14H,3,7,10-11H2,1-2H3. The van der Waals surface area contributed by atoms with Crippen LogP contribution in [0, 0.1) is 0 Å². The van der Waals surface area contributed by atoms with E-state index in [2.05, 4.69) is 40.2 Å². The third kappa shape index (κ3) is 3.20. The fourth-order valence-electron chi connectivity index (χ4n) is 1.95. The molecule has 0 fully saturated rings. The van der Waals surface area contributed by atoms with Crippen molar-refractivity contribution in [1.82, 2.24) is 19.7 Å². The largest absolute Gasteiger partial charge is 0.350 e. The first-order valence-corrected chi connectivity index (χ1v) is 6.13. The van der Waals surface area contributed by atoms with Crippen molar-refractivity contribution in [3.8, 4) is 0 Å². The molecule has 0 spiro atoms. The quantitative estimate of drug-likeness (QED) is 0.825. The van der Waals surface area contributed by atoms with Crippen molar-refractivity contribution in [2.45, 2.75) is 33.0 Å². The van der Waals surface area contributed by atoms with Crippen LogP contribution in [0.4, 0.5) is 0 Å². The minimum atomic E-state index is 0.818. The Kier molecular flexibility index (Phi) is 3.98. The molecule has 0 radical (unpaired) electrons. The van der Waals surface area contributed by atoms with Gasteiger partial charge in [0.25, 0.3) is 0 Å². The van der Waals surface area contributed by atoms with Gasteiger partial charge in [-0.2, -0.15) is 5.10 Å². The van der Waals surface area contributed by atoms with Gasteiger partial charge in [-0.1, -0.05) is 6.92 Å². The highest BCUT2D eigenvalue weighted by Crippen LogP contribution is 2.03. The third-order valence-corrected chi connectivity index (χ3v) is 2.77. The summed E-state index contributed by atoms with van der Waals surface area (Å²) >= 11 is 0. The molecule has 2 heterocycles. The van der Waals surface area contributed by atoms with E-state index in [0.717, 1.165) is 25.3 Å².